The molecule has 1 aliphatic rings. The Balaban J connectivity index is 1.66. The molecular weight excluding hydrogens is 326 g/mol. The van der Waals surface area contributed by atoms with Crippen molar-refractivity contribution in [1.82, 2.24) is 25.1 Å². The number of aromatic nitrogens is 4. The minimum absolute atomic E-state index is 0.145. The molecule has 7 nitrogen and oxygen atoms in total. The van der Waals surface area contributed by atoms with E-state index in [0.29, 0.717) is 17.0 Å². The van der Waals surface area contributed by atoms with Crippen LogP contribution in [0.25, 0.3) is 5.69 Å². The lowest BCUT2D eigenvalue weighted by molar-refractivity contribution is -0.132. The summed E-state index contributed by atoms with van der Waals surface area (Å²) in [5.74, 6) is 0.660. The Morgan fingerprint density at radius 1 is 1.33 bits per heavy atom. The summed E-state index contributed by atoms with van der Waals surface area (Å²) >= 11 is 1.34. The summed E-state index contributed by atoms with van der Waals surface area (Å²) in [4.78, 5) is 14.6. The van der Waals surface area contributed by atoms with Gasteiger partial charge in [0, 0.05) is 12.6 Å². The fraction of sp³-hybridized carbons (Fsp3) is 0.500. The molecular formula is C16H21N5O2S. The number of hydrogen-bond donors (Lipinski definition) is 1. The fourth-order valence-electron chi connectivity index (χ4n) is 2.99. The van der Waals surface area contributed by atoms with E-state index in [1.165, 1.54) is 18.2 Å². The molecule has 1 aromatic heterocycles. The summed E-state index contributed by atoms with van der Waals surface area (Å²) < 4.78 is 1.57. The normalized spacial score (nSPS) is 17.9. The highest BCUT2D eigenvalue weighted by Gasteiger charge is 2.25. The summed E-state index contributed by atoms with van der Waals surface area (Å²) in [6, 6.07) is 6.98. The quantitative estimate of drug-likeness (QED) is 0.835. The average molecular weight is 347 g/mol. The molecule has 8 heteroatoms. The summed E-state index contributed by atoms with van der Waals surface area (Å²) in [7, 11) is 0. The van der Waals surface area contributed by atoms with E-state index in [9.17, 15) is 9.90 Å². The van der Waals surface area contributed by atoms with E-state index in [1.54, 1.807) is 28.9 Å². The molecule has 0 unspecified atom stereocenters. The first kappa shape index (κ1) is 16.8. The van der Waals surface area contributed by atoms with Crippen molar-refractivity contribution in [2.24, 2.45) is 0 Å². The number of benzene rings is 1. The van der Waals surface area contributed by atoms with E-state index in [1.807, 2.05) is 4.90 Å². The van der Waals surface area contributed by atoms with Crippen molar-refractivity contribution >= 4 is 17.7 Å². The highest BCUT2D eigenvalue weighted by molar-refractivity contribution is 7.99. The van der Waals surface area contributed by atoms with Crippen LogP contribution in [0.15, 0.2) is 29.4 Å². The third-order valence-electron chi connectivity index (χ3n) is 4.28. The number of likely N-dealkylation sites (tertiary alicyclic amines) is 1. The maximum absolute atomic E-state index is 12.5. The lowest BCUT2D eigenvalue weighted by atomic mass is 10.0. The third-order valence-corrected chi connectivity index (χ3v) is 5.18. The molecule has 0 radical (unpaired) electrons. The van der Waals surface area contributed by atoms with Gasteiger partial charge in [0.15, 0.2) is 0 Å². The number of carbonyl (C=O) groups excluding carboxylic acids is 1. The number of nitrogens with zero attached hydrogens (tertiary/aromatic N) is 5. The summed E-state index contributed by atoms with van der Waals surface area (Å²) in [6.45, 7) is 2.98. The van der Waals surface area contributed by atoms with Gasteiger partial charge in [-0.05, 0) is 60.4 Å². The van der Waals surface area contributed by atoms with Crippen molar-refractivity contribution in [1.29, 1.82) is 0 Å². The zero-order chi connectivity index (χ0) is 16.9. The molecule has 0 bridgehead atoms. The summed E-state index contributed by atoms with van der Waals surface area (Å²) in [6.07, 6.45) is 4.38. The van der Waals surface area contributed by atoms with Crippen LogP contribution in [-0.2, 0) is 4.79 Å². The predicted octanol–water partition coefficient (Wildman–Crippen LogP) is 2.25. The number of aromatic hydroxyl groups is 1. The van der Waals surface area contributed by atoms with Gasteiger partial charge in [0.25, 0.3) is 0 Å². The number of tetrazole rings is 1. The van der Waals surface area contributed by atoms with Crippen LogP contribution in [0, 0.1) is 0 Å². The van der Waals surface area contributed by atoms with Crippen LogP contribution in [0.2, 0.25) is 0 Å². The van der Waals surface area contributed by atoms with Crippen molar-refractivity contribution in [2.45, 2.75) is 43.8 Å². The van der Waals surface area contributed by atoms with Gasteiger partial charge in [-0.2, -0.15) is 4.68 Å². The van der Waals surface area contributed by atoms with Crippen molar-refractivity contribution < 1.29 is 9.90 Å². The Bertz CT molecular complexity index is 688. The van der Waals surface area contributed by atoms with Crippen LogP contribution in [-0.4, -0.2) is 54.5 Å². The van der Waals surface area contributed by atoms with E-state index in [4.69, 9.17) is 0 Å². The van der Waals surface area contributed by atoms with Gasteiger partial charge < -0.3 is 10.0 Å². The molecule has 2 heterocycles. The number of hydrogen-bond acceptors (Lipinski definition) is 6. The van der Waals surface area contributed by atoms with E-state index in [-0.39, 0.29) is 11.7 Å². The van der Waals surface area contributed by atoms with Gasteiger partial charge in [-0.3, -0.25) is 4.79 Å². The standard InChI is InChI=1S/C16H21N5O2S/c1-2-12-5-3-4-10-20(12)15(23)11-24-16-17-18-19-21(16)13-6-8-14(22)9-7-13/h6-9,12,22H,2-5,10-11H2,1H3/t12-/m0/s1. The summed E-state index contributed by atoms with van der Waals surface area (Å²) in [5, 5.41) is 21.6. The van der Waals surface area contributed by atoms with Crippen molar-refractivity contribution in [3.8, 4) is 11.4 Å². The molecule has 2 aromatic rings. The lowest BCUT2D eigenvalue weighted by Crippen LogP contribution is -2.44. The molecule has 1 fully saturated rings. The Kier molecular flexibility index (Phi) is 5.34. The number of phenols is 1. The van der Waals surface area contributed by atoms with Gasteiger partial charge >= 0.3 is 0 Å². The number of carbonyl (C=O) groups is 1. The molecule has 1 N–H and O–H groups in total. The minimum Gasteiger partial charge on any atom is -0.508 e. The first-order chi connectivity index (χ1) is 11.7. The Morgan fingerprint density at radius 3 is 2.88 bits per heavy atom. The lowest BCUT2D eigenvalue weighted by Gasteiger charge is -2.35. The number of phenolic OH excluding ortho intramolecular Hbond substituents is 1. The number of piperidine rings is 1. The van der Waals surface area contributed by atoms with Crippen molar-refractivity contribution in [3.63, 3.8) is 0 Å². The van der Waals surface area contributed by atoms with Gasteiger partial charge in [0.1, 0.15) is 5.75 Å². The molecule has 1 saturated heterocycles. The van der Waals surface area contributed by atoms with E-state index in [0.717, 1.165) is 31.5 Å². The van der Waals surface area contributed by atoms with E-state index >= 15 is 0 Å². The highest BCUT2D eigenvalue weighted by Crippen LogP contribution is 2.23. The van der Waals surface area contributed by atoms with Crippen LogP contribution >= 0.6 is 11.8 Å². The van der Waals surface area contributed by atoms with Crippen LogP contribution in [0.5, 0.6) is 5.75 Å². The van der Waals surface area contributed by atoms with Crippen molar-refractivity contribution in [3.05, 3.63) is 24.3 Å². The Labute approximate surface area is 145 Å². The first-order valence-corrected chi connectivity index (χ1v) is 9.17. The molecule has 24 heavy (non-hydrogen) atoms. The predicted molar refractivity (Wildman–Crippen MR) is 91.2 cm³/mol. The number of rotatable bonds is 5. The maximum Gasteiger partial charge on any atom is 0.233 e. The minimum atomic E-state index is 0.145. The van der Waals surface area contributed by atoms with E-state index < -0.39 is 0 Å². The third kappa shape index (κ3) is 3.69. The fourth-order valence-corrected chi connectivity index (χ4v) is 3.76. The maximum atomic E-state index is 12.5. The molecule has 1 atom stereocenters. The zero-order valence-electron chi connectivity index (χ0n) is 13.6. The molecule has 1 aromatic carbocycles. The monoisotopic (exact) mass is 347 g/mol. The second-order valence-corrected chi connectivity index (χ2v) is 6.77. The Morgan fingerprint density at radius 2 is 2.12 bits per heavy atom. The van der Waals surface area contributed by atoms with Crippen LogP contribution in [0.1, 0.15) is 32.6 Å². The average Bonchev–Trinajstić information content (AvgIpc) is 3.08. The second-order valence-electron chi connectivity index (χ2n) is 5.82. The first-order valence-electron chi connectivity index (χ1n) is 8.19. The molecule has 0 aliphatic carbocycles. The van der Waals surface area contributed by atoms with Crippen LogP contribution in [0.3, 0.4) is 0 Å². The molecule has 1 amide bonds. The van der Waals surface area contributed by atoms with Crippen LogP contribution < -0.4 is 0 Å². The topological polar surface area (TPSA) is 84.1 Å². The molecule has 3 rings (SSSR count). The largest absolute Gasteiger partial charge is 0.508 e. The zero-order valence-corrected chi connectivity index (χ0v) is 14.4. The highest BCUT2D eigenvalue weighted by atomic mass is 32.2. The molecule has 1 aliphatic heterocycles. The Hall–Kier alpha value is -2.09. The van der Waals surface area contributed by atoms with E-state index in [2.05, 4.69) is 22.4 Å². The number of amides is 1. The van der Waals surface area contributed by atoms with Gasteiger partial charge in [0.05, 0.1) is 11.4 Å². The molecule has 128 valence electrons. The van der Waals surface area contributed by atoms with Gasteiger partial charge in [-0.1, -0.05) is 18.7 Å². The van der Waals surface area contributed by atoms with Gasteiger partial charge in [-0.15, -0.1) is 5.10 Å². The van der Waals surface area contributed by atoms with Crippen molar-refractivity contribution in [2.75, 3.05) is 12.3 Å². The van der Waals surface area contributed by atoms with Crippen LogP contribution in [0.4, 0.5) is 0 Å². The second kappa shape index (κ2) is 7.65. The molecule has 0 spiro atoms. The SMILES string of the molecule is CC[C@H]1CCCCN1C(=O)CSc1nnnn1-c1ccc(O)cc1. The molecule has 0 saturated carbocycles. The van der Waals surface area contributed by atoms with Gasteiger partial charge in [-0.25, -0.2) is 0 Å². The number of thioether (sulfide) groups is 1. The van der Waals surface area contributed by atoms with Gasteiger partial charge in [0.2, 0.25) is 11.1 Å². The smallest absolute Gasteiger partial charge is 0.233 e. The summed E-state index contributed by atoms with van der Waals surface area (Å²) in [5.41, 5.74) is 0.747.